The van der Waals surface area contributed by atoms with Gasteiger partial charge < -0.3 is 15.0 Å². The molecule has 1 heterocycles. The third kappa shape index (κ3) is 4.81. The molecule has 0 saturated heterocycles. The first-order chi connectivity index (χ1) is 9.97. The van der Waals surface area contributed by atoms with Gasteiger partial charge in [-0.1, -0.05) is 13.8 Å². The molecule has 1 rings (SSSR count). The molecule has 1 unspecified atom stereocenters. The van der Waals surface area contributed by atoms with Gasteiger partial charge in [-0.05, 0) is 26.0 Å². The van der Waals surface area contributed by atoms with Crippen LogP contribution in [0.25, 0.3) is 0 Å². The minimum Gasteiger partial charge on any atom is -0.383 e. The minimum absolute atomic E-state index is 0.0581. The molecule has 0 aliphatic rings. The summed E-state index contributed by atoms with van der Waals surface area (Å²) >= 11 is 0. The van der Waals surface area contributed by atoms with Crippen molar-refractivity contribution in [2.75, 3.05) is 26.8 Å². The third-order valence-electron chi connectivity index (χ3n) is 3.49. The van der Waals surface area contributed by atoms with Gasteiger partial charge in [-0.2, -0.15) is 4.31 Å². The van der Waals surface area contributed by atoms with Gasteiger partial charge in [0.25, 0.3) is 0 Å². The molecule has 0 bridgehead atoms. The molecule has 0 spiro atoms. The van der Waals surface area contributed by atoms with Gasteiger partial charge in [-0.15, -0.1) is 0 Å². The Bertz CT molecular complexity index is 513. The quantitative estimate of drug-likeness (QED) is 0.687. The van der Waals surface area contributed by atoms with Crippen LogP contribution >= 0.6 is 0 Å². The van der Waals surface area contributed by atoms with E-state index in [0.29, 0.717) is 24.6 Å². The van der Waals surface area contributed by atoms with Crippen molar-refractivity contribution in [1.82, 2.24) is 14.6 Å². The van der Waals surface area contributed by atoms with E-state index in [-0.39, 0.29) is 6.04 Å². The summed E-state index contributed by atoms with van der Waals surface area (Å²) in [6.07, 6.45) is 2.32. The van der Waals surface area contributed by atoms with Crippen LogP contribution in [0.3, 0.4) is 0 Å². The van der Waals surface area contributed by atoms with Crippen molar-refractivity contribution < 1.29 is 13.2 Å². The van der Waals surface area contributed by atoms with E-state index in [1.807, 2.05) is 20.8 Å². The number of methoxy groups -OCH3 is 1. The Labute approximate surface area is 127 Å². The van der Waals surface area contributed by atoms with Crippen molar-refractivity contribution in [3.63, 3.8) is 0 Å². The highest BCUT2D eigenvalue weighted by Crippen LogP contribution is 2.20. The van der Waals surface area contributed by atoms with E-state index in [1.165, 1.54) is 4.31 Å². The molecule has 1 aromatic rings. The van der Waals surface area contributed by atoms with Crippen molar-refractivity contribution in [1.29, 1.82) is 0 Å². The summed E-state index contributed by atoms with van der Waals surface area (Å²) in [5.74, 6) is 0. The highest BCUT2D eigenvalue weighted by atomic mass is 32.2. The van der Waals surface area contributed by atoms with Crippen molar-refractivity contribution in [2.45, 2.75) is 44.7 Å². The summed E-state index contributed by atoms with van der Waals surface area (Å²) in [5, 5.41) is 3.17. The minimum atomic E-state index is -3.49. The second-order valence-corrected chi connectivity index (χ2v) is 6.90. The molecule has 0 fully saturated rings. The summed E-state index contributed by atoms with van der Waals surface area (Å²) in [6.45, 7) is 8.13. The summed E-state index contributed by atoms with van der Waals surface area (Å²) in [5.41, 5.74) is 0.867. The average Bonchev–Trinajstić information content (AvgIpc) is 2.94. The van der Waals surface area contributed by atoms with Gasteiger partial charge in [0.15, 0.2) is 0 Å². The second-order valence-electron chi connectivity index (χ2n) is 5.01. The van der Waals surface area contributed by atoms with Crippen LogP contribution in [0.15, 0.2) is 17.2 Å². The molecule has 21 heavy (non-hydrogen) atoms. The maximum Gasteiger partial charge on any atom is 0.244 e. The summed E-state index contributed by atoms with van der Waals surface area (Å²) in [6, 6.07) is 1.64. The lowest BCUT2D eigenvalue weighted by Gasteiger charge is -2.26. The zero-order valence-electron chi connectivity index (χ0n) is 13.3. The van der Waals surface area contributed by atoms with Gasteiger partial charge in [-0.3, -0.25) is 0 Å². The zero-order valence-corrected chi connectivity index (χ0v) is 14.2. The number of nitrogens with one attached hydrogen (secondary N) is 2. The molecule has 1 aromatic heterocycles. The molecule has 6 nitrogen and oxygen atoms in total. The normalized spacial score (nSPS) is 13.8. The fourth-order valence-electron chi connectivity index (χ4n) is 2.03. The fraction of sp³-hybridized carbons (Fsp3) is 0.714. The summed E-state index contributed by atoms with van der Waals surface area (Å²) in [4.78, 5) is 3.33. The number of sulfonamides is 1. The lowest BCUT2D eigenvalue weighted by atomic mass is 10.3. The average molecular weight is 317 g/mol. The van der Waals surface area contributed by atoms with Crippen molar-refractivity contribution in [3.8, 4) is 0 Å². The van der Waals surface area contributed by atoms with Gasteiger partial charge in [-0.25, -0.2) is 8.42 Å². The van der Waals surface area contributed by atoms with Crippen LogP contribution in [0.2, 0.25) is 0 Å². The Morgan fingerprint density at radius 1 is 1.43 bits per heavy atom. The smallest absolute Gasteiger partial charge is 0.244 e. The number of hydrogen-bond acceptors (Lipinski definition) is 4. The molecule has 1 atom stereocenters. The Balaban J connectivity index is 2.96. The van der Waals surface area contributed by atoms with Crippen LogP contribution in [-0.4, -0.2) is 50.6 Å². The van der Waals surface area contributed by atoms with Crippen LogP contribution in [0, 0.1) is 0 Å². The number of aromatic amines is 1. The van der Waals surface area contributed by atoms with Crippen molar-refractivity contribution in [3.05, 3.63) is 18.0 Å². The maximum atomic E-state index is 12.8. The number of H-pyrrole nitrogens is 1. The summed E-state index contributed by atoms with van der Waals surface area (Å²) < 4.78 is 32.1. The van der Waals surface area contributed by atoms with Gasteiger partial charge in [0, 0.05) is 38.1 Å². The van der Waals surface area contributed by atoms with Crippen LogP contribution in [0.1, 0.15) is 32.9 Å². The molecule has 0 aliphatic heterocycles. The standard InChI is InChI=1S/C14H27N3O3S/c1-5-12(3)17(7-8-20-4)21(18,19)14-9-13(16-11-14)10-15-6-2/h9,11-12,15-16H,5-8,10H2,1-4H3. The maximum absolute atomic E-state index is 12.8. The lowest BCUT2D eigenvalue weighted by Crippen LogP contribution is -2.40. The molecule has 0 amide bonds. The van der Waals surface area contributed by atoms with Crippen molar-refractivity contribution in [2.24, 2.45) is 0 Å². The second kappa shape index (κ2) is 8.53. The number of ether oxygens (including phenoxy) is 1. The van der Waals surface area contributed by atoms with E-state index in [9.17, 15) is 8.42 Å². The van der Waals surface area contributed by atoms with Gasteiger partial charge in [0.1, 0.15) is 0 Å². The molecular weight excluding hydrogens is 290 g/mol. The van der Waals surface area contributed by atoms with Crippen LogP contribution in [-0.2, 0) is 21.3 Å². The number of hydrogen-bond donors (Lipinski definition) is 2. The predicted octanol–water partition coefficient (Wildman–Crippen LogP) is 1.56. The fourth-order valence-corrected chi connectivity index (χ4v) is 3.73. The van der Waals surface area contributed by atoms with E-state index in [1.54, 1.807) is 19.4 Å². The molecule has 2 N–H and O–H groups in total. The van der Waals surface area contributed by atoms with Crippen LogP contribution in [0.5, 0.6) is 0 Å². The number of nitrogens with zero attached hydrogens (tertiary/aromatic N) is 1. The van der Waals surface area contributed by atoms with E-state index in [2.05, 4.69) is 10.3 Å². The van der Waals surface area contributed by atoms with E-state index < -0.39 is 10.0 Å². The Morgan fingerprint density at radius 3 is 2.71 bits per heavy atom. The SMILES string of the molecule is CCNCc1cc(S(=O)(=O)N(CCOC)C(C)CC)c[nH]1. The first kappa shape index (κ1) is 18.2. The van der Waals surface area contributed by atoms with Crippen molar-refractivity contribution >= 4 is 10.0 Å². The predicted molar refractivity (Wildman–Crippen MR) is 83.7 cm³/mol. The van der Waals surface area contributed by atoms with Crippen LogP contribution in [0.4, 0.5) is 0 Å². The third-order valence-corrected chi connectivity index (χ3v) is 5.48. The molecule has 0 radical (unpaired) electrons. The van der Waals surface area contributed by atoms with Gasteiger partial charge >= 0.3 is 0 Å². The highest BCUT2D eigenvalue weighted by molar-refractivity contribution is 7.89. The molecule has 7 heteroatoms. The number of rotatable bonds is 10. The van der Waals surface area contributed by atoms with Crippen LogP contribution < -0.4 is 5.32 Å². The Hall–Kier alpha value is -0.890. The zero-order chi connectivity index (χ0) is 15.9. The largest absolute Gasteiger partial charge is 0.383 e. The first-order valence-corrected chi connectivity index (χ1v) is 8.80. The van der Waals surface area contributed by atoms with Gasteiger partial charge in [0.05, 0.1) is 11.5 Å². The van der Waals surface area contributed by atoms with E-state index in [4.69, 9.17) is 4.74 Å². The first-order valence-electron chi connectivity index (χ1n) is 7.36. The van der Waals surface area contributed by atoms with Gasteiger partial charge in [0.2, 0.25) is 10.0 Å². The monoisotopic (exact) mass is 317 g/mol. The van der Waals surface area contributed by atoms with E-state index in [0.717, 1.165) is 18.7 Å². The molecule has 0 aliphatic carbocycles. The molecule has 0 saturated carbocycles. The Morgan fingerprint density at radius 2 is 2.14 bits per heavy atom. The molecule has 122 valence electrons. The topological polar surface area (TPSA) is 74.4 Å². The van der Waals surface area contributed by atoms with E-state index >= 15 is 0 Å². The highest BCUT2D eigenvalue weighted by Gasteiger charge is 2.28. The molecular formula is C14H27N3O3S. The summed E-state index contributed by atoms with van der Waals surface area (Å²) in [7, 11) is -1.92. The Kier molecular flexibility index (Phi) is 7.37. The molecule has 0 aromatic carbocycles. The number of aromatic nitrogens is 1. The lowest BCUT2D eigenvalue weighted by molar-refractivity contribution is 0.167.